The van der Waals surface area contributed by atoms with Gasteiger partial charge in [-0.3, -0.25) is 0 Å². The molecule has 19 heavy (non-hydrogen) atoms. The van der Waals surface area contributed by atoms with E-state index in [9.17, 15) is 0 Å². The Kier molecular flexibility index (Phi) is 6.02. The summed E-state index contributed by atoms with van der Waals surface area (Å²) in [6.07, 6.45) is 1.09. The van der Waals surface area contributed by atoms with Gasteiger partial charge in [-0.2, -0.15) is 0 Å². The van der Waals surface area contributed by atoms with E-state index in [1.807, 2.05) is 0 Å². The lowest BCUT2D eigenvalue weighted by Crippen LogP contribution is -2.23. The zero-order chi connectivity index (χ0) is 14.5. The van der Waals surface area contributed by atoms with Crippen LogP contribution in [0, 0.1) is 12.8 Å². The highest BCUT2D eigenvalue weighted by Crippen LogP contribution is 2.24. The maximum atomic E-state index is 5.57. The van der Waals surface area contributed by atoms with Gasteiger partial charge in [0.2, 0.25) is 0 Å². The first-order chi connectivity index (χ1) is 8.84. The first-order valence-electron chi connectivity index (χ1n) is 7.35. The predicted molar refractivity (Wildman–Crippen MR) is 84.4 cm³/mol. The summed E-state index contributed by atoms with van der Waals surface area (Å²) >= 11 is 0. The Morgan fingerprint density at radius 3 is 2.47 bits per heavy atom. The van der Waals surface area contributed by atoms with E-state index in [2.05, 4.69) is 58.1 Å². The van der Waals surface area contributed by atoms with Crippen molar-refractivity contribution >= 4 is 0 Å². The molecule has 0 radical (unpaired) electrons. The third kappa shape index (κ3) is 5.33. The summed E-state index contributed by atoms with van der Waals surface area (Å²) in [6, 6.07) is 6.84. The molecule has 3 N–H and O–H groups in total. The highest BCUT2D eigenvalue weighted by atomic mass is 14.9. The molecule has 0 heterocycles. The first kappa shape index (κ1) is 16.2. The summed E-state index contributed by atoms with van der Waals surface area (Å²) in [6.45, 7) is 14.0. The van der Waals surface area contributed by atoms with E-state index in [4.69, 9.17) is 5.73 Å². The maximum Gasteiger partial charge on any atom is 0.0208 e. The van der Waals surface area contributed by atoms with Crippen LogP contribution < -0.4 is 11.1 Å². The fraction of sp³-hybridized carbons (Fsp3) is 0.647. The standard InChI is InChI=1S/C17H30N2/c1-13(8-9-18)11-19-12-15-6-7-16(10-14(15)2)17(3,4)5/h6-7,10,13,19H,8-9,11-12,18H2,1-5H3. The molecule has 0 aliphatic heterocycles. The topological polar surface area (TPSA) is 38.0 Å². The molecule has 0 bridgehead atoms. The molecule has 0 saturated heterocycles. The smallest absolute Gasteiger partial charge is 0.0208 e. The van der Waals surface area contributed by atoms with Crippen molar-refractivity contribution in [2.75, 3.05) is 13.1 Å². The van der Waals surface area contributed by atoms with Crippen LogP contribution in [0.2, 0.25) is 0 Å². The molecule has 1 aromatic carbocycles. The molecule has 1 unspecified atom stereocenters. The molecule has 0 spiro atoms. The molecule has 1 rings (SSSR count). The molecule has 0 fully saturated rings. The SMILES string of the molecule is Cc1cc(C(C)(C)C)ccc1CNCC(C)CCN. The van der Waals surface area contributed by atoms with Gasteiger partial charge in [-0.1, -0.05) is 45.9 Å². The third-order valence-electron chi connectivity index (χ3n) is 3.68. The van der Waals surface area contributed by atoms with Crippen molar-refractivity contribution in [2.45, 2.75) is 53.0 Å². The number of hydrogen-bond donors (Lipinski definition) is 2. The Balaban J connectivity index is 2.56. The van der Waals surface area contributed by atoms with Gasteiger partial charge in [-0.25, -0.2) is 0 Å². The second-order valence-electron chi connectivity index (χ2n) is 6.70. The van der Waals surface area contributed by atoms with Crippen LogP contribution in [0.5, 0.6) is 0 Å². The zero-order valence-corrected chi connectivity index (χ0v) is 13.2. The van der Waals surface area contributed by atoms with E-state index in [1.54, 1.807) is 0 Å². The summed E-state index contributed by atoms with van der Waals surface area (Å²) < 4.78 is 0. The molecule has 1 atom stereocenters. The molecule has 1 aromatic rings. The summed E-state index contributed by atoms with van der Waals surface area (Å²) in [7, 11) is 0. The lowest BCUT2D eigenvalue weighted by Gasteiger charge is -2.21. The van der Waals surface area contributed by atoms with Crippen LogP contribution in [0.25, 0.3) is 0 Å². The lowest BCUT2D eigenvalue weighted by atomic mass is 9.85. The fourth-order valence-electron chi connectivity index (χ4n) is 2.20. The van der Waals surface area contributed by atoms with Crippen molar-refractivity contribution in [2.24, 2.45) is 11.7 Å². The Hall–Kier alpha value is -0.860. The van der Waals surface area contributed by atoms with Crippen molar-refractivity contribution in [1.82, 2.24) is 5.32 Å². The molecule has 0 aliphatic rings. The molecule has 0 amide bonds. The minimum atomic E-state index is 0.229. The molecule has 0 saturated carbocycles. The van der Waals surface area contributed by atoms with Gasteiger partial charge in [0.15, 0.2) is 0 Å². The quantitative estimate of drug-likeness (QED) is 0.825. The maximum absolute atomic E-state index is 5.57. The normalized spacial score (nSPS) is 13.6. The van der Waals surface area contributed by atoms with Crippen molar-refractivity contribution in [3.8, 4) is 0 Å². The summed E-state index contributed by atoms with van der Waals surface area (Å²) in [5.74, 6) is 0.652. The van der Waals surface area contributed by atoms with E-state index in [0.29, 0.717) is 5.92 Å². The van der Waals surface area contributed by atoms with Gasteiger partial charge >= 0.3 is 0 Å². The van der Waals surface area contributed by atoms with Crippen molar-refractivity contribution in [3.63, 3.8) is 0 Å². The molecule has 0 aromatic heterocycles. The molecule has 108 valence electrons. The summed E-state index contributed by atoms with van der Waals surface area (Å²) in [5.41, 5.74) is 9.98. The fourth-order valence-corrected chi connectivity index (χ4v) is 2.20. The number of rotatable bonds is 6. The summed E-state index contributed by atoms with van der Waals surface area (Å²) in [4.78, 5) is 0. The second-order valence-corrected chi connectivity index (χ2v) is 6.70. The van der Waals surface area contributed by atoms with Gasteiger partial charge in [-0.05, 0) is 54.5 Å². The van der Waals surface area contributed by atoms with Gasteiger partial charge in [0.05, 0.1) is 0 Å². The monoisotopic (exact) mass is 262 g/mol. The Morgan fingerprint density at radius 2 is 1.95 bits per heavy atom. The molecular formula is C17H30N2. The van der Waals surface area contributed by atoms with E-state index < -0.39 is 0 Å². The van der Waals surface area contributed by atoms with Crippen LogP contribution >= 0.6 is 0 Å². The van der Waals surface area contributed by atoms with E-state index in [-0.39, 0.29) is 5.41 Å². The average Bonchev–Trinajstić information content (AvgIpc) is 2.30. The predicted octanol–water partition coefficient (Wildman–Crippen LogP) is 3.37. The van der Waals surface area contributed by atoms with Crippen LogP contribution in [0.1, 0.15) is 50.8 Å². The van der Waals surface area contributed by atoms with Crippen LogP contribution in [-0.4, -0.2) is 13.1 Å². The third-order valence-corrected chi connectivity index (χ3v) is 3.68. The van der Waals surface area contributed by atoms with Crippen molar-refractivity contribution < 1.29 is 0 Å². The molecule has 2 nitrogen and oxygen atoms in total. The number of aryl methyl sites for hydroxylation is 1. The average molecular weight is 262 g/mol. The van der Waals surface area contributed by atoms with E-state index >= 15 is 0 Å². The molecule has 2 heteroatoms. The number of nitrogens with two attached hydrogens (primary N) is 1. The number of benzene rings is 1. The largest absolute Gasteiger partial charge is 0.330 e. The summed E-state index contributed by atoms with van der Waals surface area (Å²) in [5, 5.41) is 3.53. The van der Waals surface area contributed by atoms with Gasteiger partial charge in [0.25, 0.3) is 0 Å². The van der Waals surface area contributed by atoms with Crippen LogP contribution in [0.4, 0.5) is 0 Å². The Bertz CT molecular complexity index is 391. The van der Waals surface area contributed by atoms with Crippen LogP contribution in [0.15, 0.2) is 18.2 Å². The van der Waals surface area contributed by atoms with Crippen molar-refractivity contribution in [3.05, 3.63) is 34.9 Å². The van der Waals surface area contributed by atoms with Crippen LogP contribution in [0.3, 0.4) is 0 Å². The van der Waals surface area contributed by atoms with Gasteiger partial charge < -0.3 is 11.1 Å². The lowest BCUT2D eigenvalue weighted by molar-refractivity contribution is 0.486. The minimum absolute atomic E-state index is 0.229. The zero-order valence-electron chi connectivity index (χ0n) is 13.2. The second kappa shape index (κ2) is 7.06. The highest BCUT2D eigenvalue weighted by molar-refractivity contribution is 5.34. The van der Waals surface area contributed by atoms with E-state index in [0.717, 1.165) is 26.1 Å². The van der Waals surface area contributed by atoms with Gasteiger partial charge in [0.1, 0.15) is 0 Å². The van der Waals surface area contributed by atoms with Crippen LogP contribution in [-0.2, 0) is 12.0 Å². The molecular weight excluding hydrogens is 232 g/mol. The highest BCUT2D eigenvalue weighted by Gasteiger charge is 2.14. The van der Waals surface area contributed by atoms with Gasteiger partial charge in [0, 0.05) is 6.54 Å². The minimum Gasteiger partial charge on any atom is -0.330 e. The number of hydrogen-bond acceptors (Lipinski definition) is 2. The first-order valence-corrected chi connectivity index (χ1v) is 7.35. The number of nitrogens with one attached hydrogen (secondary N) is 1. The van der Waals surface area contributed by atoms with Gasteiger partial charge in [-0.15, -0.1) is 0 Å². The Labute approximate surface area is 118 Å². The molecule has 0 aliphatic carbocycles. The Morgan fingerprint density at radius 1 is 1.26 bits per heavy atom. The van der Waals surface area contributed by atoms with Crippen molar-refractivity contribution in [1.29, 1.82) is 0 Å². The van der Waals surface area contributed by atoms with E-state index in [1.165, 1.54) is 16.7 Å².